The summed E-state index contributed by atoms with van der Waals surface area (Å²) >= 11 is 0. The third kappa shape index (κ3) is 3.04. The highest BCUT2D eigenvalue weighted by molar-refractivity contribution is 5.87. The maximum atomic E-state index is 13.1. The van der Waals surface area contributed by atoms with Crippen LogP contribution in [0.2, 0.25) is 0 Å². The van der Waals surface area contributed by atoms with E-state index in [0.717, 1.165) is 57.3 Å². The quantitative estimate of drug-likeness (QED) is 0.504. The van der Waals surface area contributed by atoms with Crippen LogP contribution in [-0.4, -0.2) is 24.8 Å². The van der Waals surface area contributed by atoms with Crippen LogP contribution in [0.3, 0.4) is 0 Å². The Hall–Kier alpha value is -1.71. The minimum atomic E-state index is -0.327. The van der Waals surface area contributed by atoms with Gasteiger partial charge in [-0.25, -0.2) is 0 Å². The Balaban J connectivity index is 1.43. The van der Waals surface area contributed by atoms with Gasteiger partial charge in [0.2, 0.25) is 0 Å². The smallest absolute Gasteiger partial charge is 0.169 e. The molecule has 0 N–H and O–H groups in total. The number of ether oxygens (including phenoxy) is 2. The lowest BCUT2D eigenvalue weighted by molar-refractivity contribution is -0.181. The summed E-state index contributed by atoms with van der Waals surface area (Å²) in [7, 11) is 0. The Morgan fingerprint density at radius 3 is 2.50 bits per heavy atom. The van der Waals surface area contributed by atoms with Gasteiger partial charge in [-0.2, -0.15) is 0 Å². The number of fused-ring (bicyclic) bond motifs is 4. The highest BCUT2D eigenvalue weighted by Gasteiger charge is 2.57. The number of allylic oxidation sites excluding steroid dienone is 3. The van der Waals surface area contributed by atoms with Crippen molar-refractivity contribution in [3.8, 4) is 0 Å². The summed E-state index contributed by atoms with van der Waals surface area (Å²) in [4.78, 5) is 13.1. The molecule has 3 saturated carbocycles. The Morgan fingerprint density at radius 1 is 1.03 bits per heavy atom. The molecule has 5 aliphatic rings. The van der Waals surface area contributed by atoms with Crippen LogP contribution in [0.1, 0.15) is 82.3 Å². The molecule has 0 amide bonds. The molecule has 32 heavy (non-hydrogen) atoms. The van der Waals surface area contributed by atoms with E-state index in [4.69, 9.17) is 9.47 Å². The topological polar surface area (TPSA) is 35.5 Å². The van der Waals surface area contributed by atoms with E-state index < -0.39 is 0 Å². The molecule has 1 aliphatic heterocycles. The molecule has 1 spiro atoms. The van der Waals surface area contributed by atoms with Gasteiger partial charge in [-0.05, 0) is 67.9 Å². The van der Waals surface area contributed by atoms with Crippen LogP contribution in [0.4, 0.5) is 0 Å². The molecule has 4 aliphatic carbocycles. The first-order chi connectivity index (χ1) is 15.4. The van der Waals surface area contributed by atoms with Gasteiger partial charge in [0.25, 0.3) is 0 Å². The summed E-state index contributed by atoms with van der Waals surface area (Å²) in [5.41, 5.74) is 6.93. The van der Waals surface area contributed by atoms with Gasteiger partial charge in [-0.3, -0.25) is 4.79 Å². The average molecular weight is 433 g/mol. The van der Waals surface area contributed by atoms with Crippen LogP contribution in [0.15, 0.2) is 42.0 Å². The molecule has 0 bridgehead atoms. The Morgan fingerprint density at radius 2 is 1.78 bits per heavy atom. The van der Waals surface area contributed by atoms with Gasteiger partial charge in [0, 0.05) is 30.6 Å². The third-order valence-corrected chi connectivity index (χ3v) is 9.67. The Labute approximate surface area is 192 Å². The first-order valence-electron chi connectivity index (χ1n) is 12.7. The van der Waals surface area contributed by atoms with Crippen molar-refractivity contribution in [2.45, 2.75) is 76.9 Å². The molecule has 1 saturated heterocycles. The van der Waals surface area contributed by atoms with Crippen molar-refractivity contribution >= 4 is 11.4 Å². The van der Waals surface area contributed by atoms with Gasteiger partial charge in [-0.1, -0.05) is 54.5 Å². The van der Waals surface area contributed by atoms with Crippen LogP contribution < -0.4 is 0 Å². The first kappa shape index (κ1) is 20.9. The third-order valence-electron chi connectivity index (χ3n) is 9.67. The summed E-state index contributed by atoms with van der Waals surface area (Å²) in [6.07, 6.45) is 8.36. The van der Waals surface area contributed by atoms with Gasteiger partial charge < -0.3 is 9.47 Å². The van der Waals surface area contributed by atoms with Crippen LogP contribution >= 0.6 is 0 Å². The second-order valence-electron chi connectivity index (χ2n) is 11.3. The zero-order valence-corrected chi connectivity index (χ0v) is 19.6. The second-order valence-corrected chi connectivity index (χ2v) is 11.3. The first-order valence-corrected chi connectivity index (χ1v) is 12.7. The Bertz CT molecular complexity index is 980. The largest absolute Gasteiger partial charge is 0.348 e. The Kier molecular flexibility index (Phi) is 4.82. The van der Waals surface area contributed by atoms with Crippen molar-refractivity contribution in [3.63, 3.8) is 0 Å². The lowest BCUT2D eigenvalue weighted by Crippen LogP contribution is -2.46. The van der Waals surface area contributed by atoms with Crippen molar-refractivity contribution in [1.29, 1.82) is 0 Å². The van der Waals surface area contributed by atoms with E-state index in [-0.39, 0.29) is 11.2 Å². The molecule has 6 rings (SSSR count). The fraction of sp³-hybridized carbons (Fsp3) is 0.621. The molecular formula is C29H36O3. The molecule has 1 aromatic rings. The lowest BCUT2D eigenvalue weighted by Gasteiger charge is -2.52. The fourth-order valence-electron chi connectivity index (χ4n) is 8.06. The number of hydrogen-bond acceptors (Lipinski definition) is 3. The van der Waals surface area contributed by atoms with E-state index >= 15 is 0 Å². The second kappa shape index (κ2) is 7.40. The number of rotatable bonds is 2. The predicted molar refractivity (Wildman–Crippen MR) is 126 cm³/mol. The molecule has 1 heterocycles. The summed E-state index contributed by atoms with van der Waals surface area (Å²) in [5, 5.41) is 0. The standard InChI is InChI=1S/C29H36O3/c1-18(2)19-4-6-20(7-5-19)24-17-28(3)25(10-11-26(28)30)23-9-8-21-16-29(31-14-15-32-29)13-12-22(21)27(23)24/h4-7,21,23-25H,1,8-17H2,2-3H3. The zero-order chi connectivity index (χ0) is 22.1. The van der Waals surface area contributed by atoms with Crippen molar-refractivity contribution in [2.24, 2.45) is 23.2 Å². The van der Waals surface area contributed by atoms with Crippen molar-refractivity contribution in [3.05, 3.63) is 53.1 Å². The number of ketones is 1. The van der Waals surface area contributed by atoms with Gasteiger partial charge in [0.1, 0.15) is 5.78 Å². The zero-order valence-electron chi connectivity index (χ0n) is 19.6. The van der Waals surface area contributed by atoms with E-state index in [9.17, 15) is 4.79 Å². The fourth-order valence-corrected chi connectivity index (χ4v) is 8.06. The molecule has 3 nitrogen and oxygen atoms in total. The molecular weight excluding hydrogens is 396 g/mol. The van der Waals surface area contributed by atoms with Gasteiger partial charge in [0.15, 0.2) is 5.79 Å². The molecule has 0 aromatic heterocycles. The van der Waals surface area contributed by atoms with E-state index in [0.29, 0.717) is 29.5 Å². The molecule has 170 valence electrons. The van der Waals surface area contributed by atoms with Crippen molar-refractivity contribution in [2.75, 3.05) is 13.2 Å². The predicted octanol–water partition coefficient (Wildman–Crippen LogP) is 6.44. The maximum absolute atomic E-state index is 13.1. The molecule has 3 heteroatoms. The van der Waals surface area contributed by atoms with Crippen molar-refractivity contribution in [1.82, 2.24) is 0 Å². The summed E-state index contributed by atoms with van der Waals surface area (Å²) < 4.78 is 12.2. The van der Waals surface area contributed by atoms with Crippen LogP contribution in [0, 0.1) is 23.2 Å². The monoisotopic (exact) mass is 432 g/mol. The van der Waals surface area contributed by atoms with Crippen LogP contribution in [0.25, 0.3) is 5.57 Å². The average Bonchev–Trinajstić information content (AvgIpc) is 3.37. The van der Waals surface area contributed by atoms with Gasteiger partial charge in [0.05, 0.1) is 13.2 Å². The molecule has 1 aromatic carbocycles. The summed E-state index contributed by atoms with van der Waals surface area (Å²) in [6, 6.07) is 9.05. The minimum Gasteiger partial charge on any atom is -0.348 e. The van der Waals surface area contributed by atoms with Crippen LogP contribution in [-0.2, 0) is 14.3 Å². The minimum absolute atomic E-state index is 0.160. The molecule has 5 unspecified atom stereocenters. The van der Waals surface area contributed by atoms with Gasteiger partial charge >= 0.3 is 0 Å². The number of carbonyl (C=O) groups excluding carboxylic acids is 1. The highest BCUT2D eigenvalue weighted by Crippen LogP contribution is 2.63. The number of carbonyl (C=O) groups is 1. The van der Waals surface area contributed by atoms with E-state index in [1.807, 2.05) is 0 Å². The molecule has 0 radical (unpaired) electrons. The molecule has 4 fully saturated rings. The number of Topliss-reactive ketones (excluding diaryl/α,β-unsaturated/α-hetero) is 1. The van der Waals surface area contributed by atoms with E-state index in [1.165, 1.54) is 24.0 Å². The van der Waals surface area contributed by atoms with Crippen molar-refractivity contribution < 1.29 is 14.3 Å². The normalized spacial score (nSPS) is 37.9. The molecule has 5 atom stereocenters. The lowest BCUT2D eigenvalue weighted by atomic mass is 9.52. The highest BCUT2D eigenvalue weighted by atomic mass is 16.7. The van der Waals surface area contributed by atoms with Crippen LogP contribution in [0.5, 0.6) is 0 Å². The summed E-state index contributed by atoms with van der Waals surface area (Å²) in [5.74, 6) is 2.21. The number of hydrogen-bond donors (Lipinski definition) is 0. The van der Waals surface area contributed by atoms with E-state index in [2.05, 4.69) is 44.7 Å². The summed E-state index contributed by atoms with van der Waals surface area (Å²) in [6.45, 7) is 9.93. The maximum Gasteiger partial charge on any atom is 0.169 e. The SMILES string of the molecule is C=C(C)c1ccc(C2CC3(C)C(=O)CCC3C3CCC4CC5(CCC4=C23)OCCO5)cc1. The van der Waals surface area contributed by atoms with E-state index in [1.54, 1.807) is 11.1 Å². The number of benzene rings is 1. The van der Waals surface area contributed by atoms with Gasteiger partial charge in [-0.15, -0.1) is 0 Å².